The zero-order valence-corrected chi connectivity index (χ0v) is 13.9. The summed E-state index contributed by atoms with van der Waals surface area (Å²) in [6, 6.07) is 0.636. The molecule has 21 heavy (non-hydrogen) atoms. The summed E-state index contributed by atoms with van der Waals surface area (Å²) in [6.07, 6.45) is 7.80. The standard InChI is InChI=1S/C16H33N5/c1-17-16(19-15-7-3-4-8-15)18-9-5-11-21-12-6-10-20(2)13-14-21/h15H,3-14H2,1-2H3,(H2,17,18,19). The number of hydrogen-bond donors (Lipinski definition) is 2. The van der Waals surface area contributed by atoms with E-state index in [1.165, 1.54) is 71.2 Å². The zero-order chi connectivity index (χ0) is 14.9. The number of aliphatic imine (C=N–C) groups is 1. The van der Waals surface area contributed by atoms with Crippen LogP contribution in [0.1, 0.15) is 38.5 Å². The second-order valence-corrected chi connectivity index (χ2v) is 6.48. The van der Waals surface area contributed by atoms with Gasteiger partial charge in [-0.2, -0.15) is 0 Å². The molecule has 5 nitrogen and oxygen atoms in total. The van der Waals surface area contributed by atoms with E-state index in [1.54, 1.807) is 0 Å². The fourth-order valence-electron chi connectivity index (χ4n) is 3.29. The number of nitrogens with one attached hydrogen (secondary N) is 2. The van der Waals surface area contributed by atoms with Crippen LogP contribution < -0.4 is 10.6 Å². The van der Waals surface area contributed by atoms with Crippen LogP contribution in [0.4, 0.5) is 0 Å². The van der Waals surface area contributed by atoms with Crippen molar-refractivity contribution in [2.24, 2.45) is 4.99 Å². The molecular weight excluding hydrogens is 262 g/mol. The van der Waals surface area contributed by atoms with Crippen LogP contribution in [0.5, 0.6) is 0 Å². The van der Waals surface area contributed by atoms with Crippen molar-refractivity contribution in [1.29, 1.82) is 0 Å². The molecule has 0 bridgehead atoms. The Kier molecular flexibility index (Phi) is 7.30. The summed E-state index contributed by atoms with van der Waals surface area (Å²) in [5, 5.41) is 7.00. The number of rotatable bonds is 5. The summed E-state index contributed by atoms with van der Waals surface area (Å²) in [4.78, 5) is 9.37. The SMILES string of the molecule is CN=C(NCCCN1CCCN(C)CC1)NC1CCCC1. The predicted octanol–water partition coefficient (Wildman–Crippen LogP) is 1.12. The van der Waals surface area contributed by atoms with Gasteiger partial charge in [0, 0.05) is 32.7 Å². The van der Waals surface area contributed by atoms with E-state index in [0.717, 1.165) is 12.5 Å². The summed E-state index contributed by atoms with van der Waals surface area (Å²) in [5.74, 6) is 0.984. The Hall–Kier alpha value is -0.810. The number of guanidine groups is 1. The van der Waals surface area contributed by atoms with Crippen molar-refractivity contribution in [2.75, 3.05) is 53.4 Å². The smallest absolute Gasteiger partial charge is 0.191 e. The van der Waals surface area contributed by atoms with Crippen molar-refractivity contribution in [3.63, 3.8) is 0 Å². The molecule has 0 atom stereocenters. The van der Waals surface area contributed by atoms with Crippen molar-refractivity contribution < 1.29 is 0 Å². The third-order valence-corrected chi connectivity index (χ3v) is 4.68. The van der Waals surface area contributed by atoms with Crippen LogP contribution >= 0.6 is 0 Å². The minimum atomic E-state index is 0.636. The zero-order valence-electron chi connectivity index (χ0n) is 13.9. The van der Waals surface area contributed by atoms with E-state index < -0.39 is 0 Å². The highest BCUT2D eigenvalue weighted by molar-refractivity contribution is 5.79. The van der Waals surface area contributed by atoms with E-state index in [2.05, 4.69) is 32.5 Å². The lowest BCUT2D eigenvalue weighted by molar-refractivity contribution is 0.274. The average molecular weight is 295 g/mol. The molecule has 122 valence electrons. The van der Waals surface area contributed by atoms with Gasteiger partial charge in [0.05, 0.1) is 0 Å². The molecule has 1 aliphatic heterocycles. The van der Waals surface area contributed by atoms with Crippen molar-refractivity contribution >= 4 is 5.96 Å². The number of likely N-dealkylation sites (N-methyl/N-ethyl adjacent to an activating group) is 1. The second-order valence-electron chi connectivity index (χ2n) is 6.48. The van der Waals surface area contributed by atoms with Gasteiger partial charge in [0.1, 0.15) is 0 Å². The first-order valence-electron chi connectivity index (χ1n) is 8.66. The van der Waals surface area contributed by atoms with Gasteiger partial charge in [-0.05, 0) is 52.4 Å². The van der Waals surface area contributed by atoms with Crippen LogP contribution in [0.15, 0.2) is 4.99 Å². The van der Waals surface area contributed by atoms with Crippen LogP contribution in [0, 0.1) is 0 Å². The maximum absolute atomic E-state index is 4.33. The van der Waals surface area contributed by atoms with Crippen LogP contribution in [0.25, 0.3) is 0 Å². The Bertz CT molecular complexity index is 312. The molecular formula is C16H33N5. The molecule has 1 heterocycles. The molecule has 0 radical (unpaired) electrons. The largest absolute Gasteiger partial charge is 0.356 e. The van der Waals surface area contributed by atoms with E-state index in [4.69, 9.17) is 0 Å². The minimum absolute atomic E-state index is 0.636. The van der Waals surface area contributed by atoms with E-state index in [1.807, 2.05) is 7.05 Å². The Labute approximate surface area is 130 Å². The molecule has 0 aromatic heterocycles. The van der Waals surface area contributed by atoms with Gasteiger partial charge in [-0.1, -0.05) is 12.8 Å². The van der Waals surface area contributed by atoms with Crippen LogP contribution in [-0.2, 0) is 0 Å². The van der Waals surface area contributed by atoms with Gasteiger partial charge in [0.25, 0.3) is 0 Å². The van der Waals surface area contributed by atoms with Crippen LogP contribution in [0.2, 0.25) is 0 Å². The normalized spacial score (nSPS) is 23.2. The van der Waals surface area contributed by atoms with Gasteiger partial charge >= 0.3 is 0 Å². The fourth-order valence-corrected chi connectivity index (χ4v) is 3.29. The monoisotopic (exact) mass is 295 g/mol. The molecule has 0 spiro atoms. The lowest BCUT2D eigenvalue weighted by Crippen LogP contribution is -2.43. The van der Waals surface area contributed by atoms with Gasteiger partial charge < -0.3 is 20.4 Å². The summed E-state index contributed by atoms with van der Waals surface area (Å²) in [7, 11) is 4.10. The maximum atomic E-state index is 4.33. The molecule has 1 saturated carbocycles. The molecule has 1 aliphatic carbocycles. The average Bonchev–Trinajstić information content (AvgIpc) is 2.91. The Balaban J connectivity index is 1.57. The molecule has 5 heteroatoms. The molecule has 2 N–H and O–H groups in total. The summed E-state index contributed by atoms with van der Waals surface area (Å²) in [5.41, 5.74) is 0. The first kappa shape index (κ1) is 16.6. The first-order chi connectivity index (χ1) is 10.3. The second kappa shape index (κ2) is 9.26. The quantitative estimate of drug-likeness (QED) is 0.453. The van der Waals surface area contributed by atoms with Crippen molar-refractivity contribution in [1.82, 2.24) is 20.4 Å². The Morgan fingerprint density at radius 2 is 1.90 bits per heavy atom. The van der Waals surface area contributed by atoms with Gasteiger partial charge in [-0.3, -0.25) is 4.99 Å². The fraction of sp³-hybridized carbons (Fsp3) is 0.938. The third kappa shape index (κ3) is 6.22. The molecule has 0 amide bonds. The van der Waals surface area contributed by atoms with Crippen LogP contribution in [-0.4, -0.2) is 75.2 Å². The van der Waals surface area contributed by atoms with Gasteiger partial charge in [0.15, 0.2) is 5.96 Å². The molecule has 1 saturated heterocycles. The molecule has 0 unspecified atom stereocenters. The van der Waals surface area contributed by atoms with E-state index in [-0.39, 0.29) is 0 Å². The lowest BCUT2D eigenvalue weighted by Gasteiger charge is -2.21. The number of hydrogen-bond acceptors (Lipinski definition) is 3. The highest BCUT2D eigenvalue weighted by Gasteiger charge is 2.16. The van der Waals surface area contributed by atoms with E-state index in [0.29, 0.717) is 6.04 Å². The number of nitrogens with zero attached hydrogens (tertiary/aromatic N) is 3. The molecule has 2 rings (SSSR count). The molecule has 0 aromatic carbocycles. The summed E-state index contributed by atoms with van der Waals surface area (Å²) >= 11 is 0. The molecule has 0 aromatic rings. The lowest BCUT2D eigenvalue weighted by atomic mass is 10.2. The Morgan fingerprint density at radius 1 is 1.10 bits per heavy atom. The Morgan fingerprint density at radius 3 is 2.67 bits per heavy atom. The van der Waals surface area contributed by atoms with Gasteiger partial charge in [-0.15, -0.1) is 0 Å². The highest BCUT2D eigenvalue weighted by atomic mass is 15.2. The summed E-state index contributed by atoms with van der Waals surface area (Å²) in [6.45, 7) is 7.12. The van der Waals surface area contributed by atoms with Crippen LogP contribution in [0.3, 0.4) is 0 Å². The third-order valence-electron chi connectivity index (χ3n) is 4.68. The van der Waals surface area contributed by atoms with Gasteiger partial charge in [-0.25, -0.2) is 0 Å². The van der Waals surface area contributed by atoms with Gasteiger partial charge in [0.2, 0.25) is 0 Å². The van der Waals surface area contributed by atoms with Crippen molar-refractivity contribution in [3.05, 3.63) is 0 Å². The predicted molar refractivity (Wildman–Crippen MR) is 89.9 cm³/mol. The van der Waals surface area contributed by atoms with E-state index in [9.17, 15) is 0 Å². The van der Waals surface area contributed by atoms with Crippen molar-refractivity contribution in [2.45, 2.75) is 44.6 Å². The molecule has 2 aliphatic rings. The minimum Gasteiger partial charge on any atom is -0.356 e. The van der Waals surface area contributed by atoms with Crippen molar-refractivity contribution in [3.8, 4) is 0 Å². The molecule has 2 fully saturated rings. The maximum Gasteiger partial charge on any atom is 0.191 e. The topological polar surface area (TPSA) is 42.9 Å². The van der Waals surface area contributed by atoms with E-state index >= 15 is 0 Å². The summed E-state index contributed by atoms with van der Waals surface area (Å²) < 4.78 is 0. The first-order valence-corrected chi connectivity index (χ1v) is 8.66. The highest BCUT2D eigenvalue weighted by Crippen LogP contribution is 2.17.